The number of hydrogen-bond donors (Lipinski definition) is 1. The van der Waals surface area contributed by atoms with Crippen LogP contribution in [-0.2, 0) is 10.3 Å². The molecule has 0 bridgehead atoms. The maximum Gasteiger partial charge on any atom is 0.328 e. The van der Waals surface area contributed by atoms with E-state index in [-0.39, 0.29) is 0 Å². The van der Waals surface area contributed by atoms with Crippen LogP contribution in [0, 0.1) is 0 Å². The van der Waals surface area contributed by atoms with Gasteiger partial charge in [-0.2, -0.15) is 0 Å². The number of carboxylic acids is 1. The van der Waals surface area contributed by atoms with Crippen molar-refractivity contribution < 1.29 is 9.90 Å². The molecule has 0 aliphatic carbocycles. The zero-order valence-electron chi connectivity index (χ0n) is 11.0. The van der Waals surface area contributed by atoms with Gasteiger partial charge in [0.05, 0.1) is 0 Å². The van der Waals surface area contributed by atoms with E-state index in [0.29, 0.717) is 31.3 Å². The molecule has 0 aliphatic heterocycles. The molecule has 1 atom stereocenters. The van der Waals surface area contributed by atoms with Crippen LogP contribution in [0.2, 0.25) is 0 Å². The van der Waals surface area contributed by atoms with E-state index in [4.69, 9.17) is 23.2 Å². The molecule has 19 heavy (non-hydrogen) atoms. The van der Waals surface area contributed by atoms with Gasteiger partial charge in [-0.05, 0) is 12.0 Å². The van der Waals surface area contributed by atoms with Crippen molar-refractivity contribution in [3.8, 4) is 0 Å². The molecule has 0 saturated heterocycles. The Morgan fingerprint density at radius 2 is 1.74 bits per heavy atom. The molecule has 3 nitrogen and oxygen atoms in total. The fourth-order valence-electron chi connectivity index (χ4n) is 2.43. The van der Waals surface area contributed by atoms with Gasteiger partial charge in [0.2, 0.25) is 0 Å². The average molecular weight is 304 g/mol. The maximum atomic E-state index is 11.9. The number of carbonyl (C=O) groups is 1. The van der Waals surface area contributed by atoms with Gasteiger partial charge in [-0.15, -0.1) is 23.2 Å². The Balaban J connectivity index is 3.28. The third-order valence-corrected chi connectivity index (χ3v) is 3.70. The van der Waals surface area contributed by atoms with Gasteiger partial charge in [0, 0.05) is 24.8 Å². The van der Waals surface area contributed by atoms with E-state index in [0.717, 1.165) is 5.56 Å². The van der Waals surface area contributed by atoms with Crippen LogP contribution in [0.1, 0.15) is 18.9 Å². The lowest BCUT2D eigenvalue weighted by atomic mass is 9.85. The Morgan fingerprint density at radius 3 is 2.11 bits per heavy atom. The highest BCUT2D eigenvalue weighted by molar-refractivity contribution is 6.18. The first-order valence-corrected chi connectivity index (χ1v) is 7.36. The Hall–Kier alpha value is -0.770. The quantitative estimate of drug-likeness (QED) is 0.750. The number of benzene rings is 1. The second kappa shape index (κ2) is 7.73. The van der Waals surface area contributed by atoms with E-state index in [1.807, 2.05) is 42.2 Å². The Bertz CT molecular complexity index is 394. The predicted octanol–water partition coefficient (Wildman–Crippen LogP) is 3.16. The summed E-state index contributed by atoms with van der Waals surface area (Å²) < 4.78 is 0. The summed E-state index contributed by atoms with van der Waals surface area (Å²) in [6.07, 6.45) is 0.458. The molecule has 5 heteroatoms. The van der Waals surface area contributed by atoms with Crippen molar-refractivity contribution in [3.05, 3.63) is 35.9 Å². The normalized spacial score (nSPS) is 14.3. The van der Waals surface area contributed by atoms with Crippen molar-refractivity contribution in [1.82, 2.24) is 4.90 Å². The first-order valence-electron chi connectivity index (χ1n) is 6.29. The number of halogens is 2. The minimum absolute atomic E-state index is 0.374. The summed E-state index contributed by atoms with van der Waals surface area (Å²) in [6, 6.07) is 9.25. The summed E-state index contributed by atoms with van der Waals surface area (Å²) >= 11 is 11.6. The zero-order valence-corrected chi connectivity index (χ0v) is 12.5. The summed E-state index contributed by atoms with van der Waals surface area (Å²) in [5.74, 6) is -0.117. The third kappa shape index (κ3) is 3.41. The van der Waals surface area contributed by atoms with E-state index in [1.54, 1.807) is 0 Å². The molecule has 0 aliphatic rings. The van der Waals surface area contributed by atoms with Crippen molar-refractivity contribution in [2.45, 2.75) is 18.9 Å². The average Bonchev–Trinajstić information content (AvgIpc) is 2.41. The van der Waals surface area contributed by atoms with Gasteiger partial charge in [0.1, 0.15) is 5.54 Å². The number of aliphatic carboxylic acids is 1. The molecule has 0 radical (unpaired) electrons. The van der Waals surface area contributed by atoms with Crippen LogP contribution in [0.5, 0.6) is 0 Å². The molecule has 1 aromatic rings. The fraction of sp³-hybridized carbons (Fsp3) is 0.500. The minimum atomic E-state index is -1.06. The zero-order chi connectivity index (χ0) is 14.3. The van der Waals surface area contributed by atoms with Crippen LogP contribution in [0.15, 0.2) is 30.3 Å². The molecule has 1 aromatic carbocycles. The molecule has 1 N–H and O–H groups in total. The van der Waals surface area contributed by atoms with Crippen molar-refractivity contribution in [2.75, 3.05) is 24.8 Å². The summed E-state index contributed by atoms with van der Waals surface area (Å²) in [5.41, 5.74) is -0.300. The van der Waals surface area contributed by atoms with Crippen molar-refractivity contribution >= 4 is 29.2 Å². The molecule has 0 saturated carbocycles. The highest BCUT2D eigenvalue weighted by atomic mass is 35.5. The summed E-state index contributed by atoms with van der Waals surface area (Å²) in [6.45, 7) is 2.85. The Morgan fingerprint density at radius 1 is 1.21 bits per heavy atom. The van der Waals surface area contributed by atoms with Gasteiger partial charge in [-0.1, -0.05) is 37.3 Å². The molecular weight excluding hydrogens is 285 g/mol. The van der Waals surface area contributed by atoms with E-state index < -0.39 is 11.5 Å². The van der Waals surface area contributed by atoms with Crippen molar-refractivity contribution in [2.24, 2.45) is 0 Å². The monoisotopic (exact) mass is 303 g/mol. The van der Waals surface area contributed by atoms with Gasteiger partial charge in [0.25, 0.3) is 0 Å². The Labute approximate surface area is 124 Å². The SMILES string of the molecule is CCC(C(=O)O)(c1ccccc1)N(CCCl)CCCl. The number of nitrogens with zero attached hydrogens (tertiary/aromatic N) is 1. The third-order valence-electron chi connectivity index (χ3n) is 3.37. The Kier molecular flexibility index (Phi) is 6.63. The topological polar surface area (TPSA) is 40.5 Å². The predicted molar refractivity (Wildman–Crippen MR) is 79.1 cm³/mol. The lowest BCUT2D eigenvalue weighted by molar-refractivity contribution is -0.152. The van der Waals surface area contributed by atoms with Gasteiger partial charge < -0.3 is 5.11 Å². The van der Waals surface area contributed by atoms with Crippen LogP contribution in [0.3, 0.4) is 0 Å². The van der Waals surface area contributed by atoms with Crippen LogP contribution in [0.25, 0.3) is 0 Å². The first kappa shape index (κ1) is 16.3. The van der Waals surface area contributed by atoms with E-state index in [1.165, 1.54) is 0 Å². The van der Waals surface area contributed by atoms with E-state index in [2.05, 4.69) is 0 Å². The number of rotatable bonds is 8. The second-order valence-electron chi connectivity index (χ2n) is 4.25. The largest absolute Gasteiger partial charge is 0.480 e. The van der Waals surface area contributed by atoms with E-state index in [9.17, 15) is 9.90 Å². The van der Waals surface area contributed by atoms with Gasteiger partial charge in [-0.25, -0.2) is 4.79 Å². The number of alkyl halides is 2. The van der Waals surface area contributed by atoms with E-state index >= 15 is 0 Å². The molecule has 1 unspecified atom stereocenters. The van der Waals surface area contributed by atoms with Crippen molar-refractivity contribution in [3.63, 3.8) is 0 Å². The highest BCUT2D eigenvalue weighted by Gasteiger charge is 2.43. The smallest absolute Gasteiger partial charge is 0.328 e. The summed E-state index contributed by atoms with van der Waals surface area (Å²) in [7, 11) is 0. The lowest BCUT2D eigenvalue weighted by Crippen LogP contribution is -2.53. The van der Waals surface area contributed by atoms with Gasteiger partial charge in [0.15, 0.2) is 0 Å². The molecule has 106 valence electrons. The molecule has 0 aromatic heterocycles. The first-order chi connectivity index (χ1) is 9.13. The second-order valence-corrected chi connectivity index (χ2v) is 5.01. The molecule has 0 spiro atoms. The lowest BCUT2D eigenvalue weighted by Gasteiger charge is -2.40. The molecule has 0 fully saturated rings. The van der Waals surface area contributed by atoms with Crippen LogP contribution in [-0.4, -0.2) is 40.8 Å². The summed E-state index contributed by atoms with van der Waals surface area (Å²) in [5, 5.41) is 9.77. The van der Waals surface area contributed by atoms with Crippen LogP contribution in [0.4, 0.5) is 0 Å². The summed E-state index contributed by atoms with van der Waals surface area (Å²) in [4.78, 5) is 13.8. The van der Waals surface area contributed by atoms with Crippen molar-refractivity contribution in [1.29, 1.82) is 0 Å². The standard InChI is InChI=1S/C14H19Cl2NO2/c1-2-14(13(18)19,12-6-4-3-5-7-12)17(10-8-15)11-9-16/h3-7H,2,8-11H2,1H3,(H,18,19). The van der Waals surface area contributed by atoms with Crippen LogP contribution >= 0.6 is 23.2 Å². The highest BCUT2D eigenvalue weighted by Crippen LogP contribution is 2.32. The molecule has 0 amide bonds. The van der Waals surface area contributed by atoms with Crippen LogP contribution < -0.4 is 0 Å². The fourth-order valence-corrected chi connectivity index (χ4v) is 2.84. The maximum absolute atomic E-state index is 11.9. The van der Waals surface area contributed by atoms with Gasteiger partial charge in [-0.3, -0.25) is 4.90 Å². The minimum Gasteiger partial charge on any atom is -0.480 e. The molecular formula is C14H19Cl2NO2. The number of carboxylic acid groups (broad SMARTS) is 1. The number of hydrogen-bond acceptors (Lipinski definition) is 2. The molecule has 0 heterocycles. The molecule has 1 rings (SSSR count). The van der Waals surface area contributed by atoms with Gasteiger partial charge >= 0.3 is 5.97 Å².